The van der Waals surface area contributed by atoms with Crippen molar-refractivity contribution in [1.29, 1.82) is 0 Å². The highest BCUT2D eigenvalue weighted by atomic mass is 35.5. The van der Waals surface area contributed by atoms with Crippen LogP contribution in [-0.4, -0.2) is 17.0 Å². The van der Waals surface area contributed by atoms with Crippen LogP contribution in [0.4, 0.5) is 0 Å². The first-order valence-corrected chi connectivity index (χ1v) is 5.11. The third-order valence-corrected chi connectivity index (χ3v) is 2.24. The zero-order valence-electron chi connectivity index (χ0n) is 8.74. The van der Waals surface area contributed by atoms with Gasteiger partial charge < -0.3 is 10.4 Å². The SMILES string of the molecule is CC(=O)N[C@@H](CC(=O)O)c1cccc(Cl)c1. The first-order valence-electron chi connectivity index (χ1n) is 4.73. The number of carboxylic acid groups (broad SMARTS) is 1. The highest BCUT2D eigenvalue weighted by Crippen LogP contribution is 2.20. The molecular weight excluding hydrogens is 230 g/mol. The van der Waals surface area contributed by atoms with E-state index in [0.717, 1.165) is 0 Å². The summed E-state index contributed by atoms with van der Waals surface area (Å²) in [6.07, 6.45) is -0.167. The molecule has 5 heteroatoms. The second-order valence-corrected chi connectivity index (χ2v) is 3.84. The molecule has 0 radical (unpaired) electrons. The summed E-state index contributed by atoms with van der Waals surface area (Å²) in [5.74, 6) is -1.25. The summed E-state index contributed by atoms with van der Waals surface area (Å²) in [7, 11) is 0. The maximum absolute atomic E-state index is 11.0. The van der Waals surface area contributed by atoms with Gasteiger partial charge in [-0.05, 0) is 17.7 Å². The van der Waals surface area contributed by atoms with Gasteiger partial charge in [-0.2, -0.15) is 0 Å². The molecule has 0 aromatic heterocycles. The first kappa shape index (κ1) is 12.5. The third-order valence-electron chi connectivity index (χ3n) is 2.01. The molecule has 0 bridgehead atoms. The van der Waals surface area contributed by atoms with E-state index in [4.69, 9.17) is 16.7 Å². The Morgan fingerprint density at radius 3 is 2.69 bits per heavy atom. The Labute approximate surface area is 98.2 Å². The summed E-state index contributed by atoms with van der Waals surface area (Å²) < 4.78 is 0. The topological polar surface area (TPSA) is 66.4 Å². The second-order valence-electron chi connectivity index (χ2n) is 3.41. The highest BCUT2D eigenvalue weighted by molar-refractivity contribution is 6.30. The Morgan fingerprint density at radius 2 is 2.19 bits per heavy atom. The Morgan fingerprint density at radius 1 is 1.50 bits per heavy atom. The molecule has 1 aromatic carbocycles. The number of carbonyl (C=O) groups is 2. The molecule has 0 heterocycles. The van der Waals surface area contributed by atoms with Crippen LogP contribution in [0.25, 0.3) is 0 Å². The van der Waals surface area contributed by atoms with Crippen molar-refractivity contribution in [3.8, 4) is 0 Å². The van der Waals surface area contributed by atoms with E-state index in [0.29, 0.717) is 10.6 Å². The standard InChI is InChI=1S/C11H12ClNO3/c1-7(14)13-10(6-11(15)16)8-3-2-4-9(12)5-8/h2-5,10H,6H2,1H3,(H,13,14)(H,15,16)/t10-/m0/s1. The number of aliphatic carboxylic acids is 1. The normalized spacial score (nSPS) is 11.9. The number of halogens is 1. The molecule has 1 aromatic rings. The monoisotopic (exact) mass is 241 g/mol. The van der Waals surface area contributed by atoms with Gasteiger partial charge in [0.25, 0.3) is 0 Å². The molecule has 0 saturated carbocycles. The quantitative estimate of drug-likeness (QED) is 0.847. The van der Waals surface area contributed by atoms with Crippen molar-refractivity contribution in [2.45, 2.75) is 19.4 Å². The van der Waals surface area contributed by atoms with Crippen molar-refractivity contribution in [3.05, 3.63) is 34.9 Å². The van der Waals surface area contributed by atoms with Crippen LogP contribution in [0, 0.1) is 0 Å². The average molecular weight is 242 g/mol. The number of carboxylic acids is 1. The minimum Gasteiger partial charge on any atom is -0.481 e. The van der Waals surface area contributed by atoms with Crippen LogP contribution in [0.3, 0.4) is 0 Å². The summed E-state index contributed by atoms with van der Waals surface area (Å²) >= 11 is 5.80. The lowest BCUT2D eigenvalue weighted by Crippen LogP contribution is -2.27. The van der Waals surface area contributed by atoms with Gasteiger partial charge in [-0.1, -0.05) is 23.7 Å². The van der Waals surface area contributed by atoms with Gasteiger partial charge >= 0.3 is 5.97 Å². The van der Waals surface area contributed by atoms with E-state index in [2.05, 4.69) is 5.32 Å². The third kappa shape index (κ3) is 3.90. The van der Waals surface area contributed by atoms with E-state index in [-0.39, 0.29) is 12.3 Å². The molecule has 0 aliphatic heterocycles. The maximum Gasteiger partial charge on any atom is 0.305 e. The fourth-order valence-corrected chi connectivity index (χ4v) is 1.59. The van der Waals surface area contributed by atoms with Crippen LogP contribution < -0.4 is 5.32 Å². The molecule has 16 heavy (non-hydrogen) atoms. The van der Waals surface area contributed by atoms with Gasteiger partial charge in [0.05, 0.1) is 12.5 Å². The van der Waals surface area contributed by atoms with Crippen molar-refractivity contribution in [1.82, 2.24) is 5.32 Å². The summed E-state index contributed by atoms with van der Waals surface area (Å²) in [5.41, 5.74) is 0.685. The van der Waals surface area contributed by atoms with Gasteiger partial charge in [0.1, 0.15) is 0 Å². The van der Waals surface area contributed by atoms with Crippen molar-refractivity contribution >= 4 is 23.5 Å². The van der Waals surface area contributed by atoms with Crippen LogP contribution in [0.15, 0.2) is 24.3 Å². The van der Waals surface area contributed by atoms with Gasteiger partial charge in [0.2, 0.25) is 5.91 Å². The fourth-order valence-electron chi connectivity index (χ4n) is 1.40. The number of nitrogens with one attached hydrogen (secondary N) is 1. The number of carbonyl (C=O) groups excluding carboxylic acids is 1. The van der Waals surface area contributed by atoms with Crippen LogP contribution in [0.1, 0.15) is 24.9 Å². The first-order chi connectivity index (χ1) is 7.49. The number of rotatable bonds is 4. The minimum atomic E-state index is -0.973. The van der Waals surface area contributed by atoms with E-state index in [1.165, 1.54) is 6.92 Å². The van der Waals surface area contributed by atoms with E-state index in [1.54, 1.807) is 24.3 Å². The lowest BCUT2D eigenvalue weighted by atomic mass is 10.0. The summed E-state index contributed by atoms with van der Waals surface area (Å²) in [5, 5.41) is 11.8. The number of hydrogen-bond acceptors (Lipinski definition) is 2. The molecule has 0 aliphatic carbocycles. The predicted molar refractivity (Wildman–Crippen MR) is 60.3 cm³/mol. The molecule has 1 atom stereocenters. The van der Waals surface area contributed by atoms with Crippen molar-refractivity contribution in [2.24, 2.45) is 0 Å². The Bertz CT molecular complexity index is 390. The number of hydrogen-bond donors (Lipinski definition) is 2. The molecule has 1 amide bonds. The summed E-state index contributed by atoms with van der Waals surface area (Å²) in [4.78, 5) is 21.6. The Balaban J connectivity index is 2.90. The Kier molecular flexibility index (Phi) is 4.31. The zero-order valence-corrected chi connectivity index (χ0v) is 9.49. The molecule has 86 valence electrons. The zero-order chi connectivity index (χ0) is 12.1. The molecular formula is C11H12ClNO3. The molecule has 1 rings (SSSR count). The van der Waals surface area contributed by atoms with Crippen LogP contribution >= 0.6 is 11.6 Å². The smallest absolute Gasteiger partial charge is 0.305 e. The highest BCUT2D eigenvalue weighted by Gasteiger charge is 2.16. The lowest BCUT2D eigenvalue weighted by molar-refractivity contribution is -0.137. The lowest BCUT2D eigenvalue weighted by Gasteiger charge is -2.16. The van der Waals surface area contributed by atoms with Gasteiger partial charge in [-0.25, -0.2) is 0 Å². The summed E-state index contributed by atoms with van der Waals surface area (Å²) in [6.45, 7) is 1.35. The van der Waals surface area contributed by atoms with Gasteiger partial charge in [-0.3, -0.25) is 9.59 Å². The van der Waals surface area contributed by atoms with E-state index >= 15 is 0 Å². The fraction of sp³-hybridized carbons (Fsp3) is 0.273. The Hall–Kier alpha value is -1.55. The van der Waals surface area contributed by atoms with Crippen LogP contribution in [0.2, 0.25) is 5.02 Å². The molecule has 0 spiro atoms. The van der Waals surface area contributed by atoms with Crippen molar-refractivity contribution in [3.63, 3.8) is 0 Å². The van der Waals surface area contributed by atoms with Gasteiger partial charge in [0.15, 0.2) is 0 Å². The van der Waals surface area contributed by atoms with Crippen molar-refractivity contribution < 1.29 is 14.7 Å². The second kappa shape index (κ2) is 5.51. The molecule has 4 nitrogen and oxygen atoms in total. The van der Waals surface area contributed by atoms with Gasteiger partial charge in [-0.15, -0.1) is 0 Å². The number of amides is 1. The molecule has 0 saturated heterocycles. The predicted octanol–water partition coefficient (Wildman–Crippen LogP) is 1.99. The molecule has 2 N–H and O–H groups in total. The van der Waals surface area contributed by atoms with Crippen LogP contribution in [-0.2, 0) is 9.59 Å². The maximum atomic E-state index is 11.0. The van der Waals surface area contributed by atoms with E-state index in [9.17, 15) is 9.59 Å². The molecule has 0 aliphatic rings. The van der Waals surface area contributed by atoms with E-state index in [1.807, 2.05) is 0 Å². The van der Waals surface area contributed by atoms with Crippen LogP contribution in [0.5, 0.6) is 0 Å². The average Bonchev–Trinajstić information content (AvgIpc) is 2.15. The largest absolute Gasteiger partial charge is 0.481 e. The van der Waals surface area contributed by atoms with Crippen molar-refractivity contribution in [2.75, 3.05) is 0 Å². The minimum absolute atomic E-state index is 0.167. The molecule has 0 fully saturated rings. The molecule has 0 unspecified atom stereocenters. The summed E-state index contributed by atoms with van der Waals surface area (Å²) in [6, 6.07) is 6.24. The van der Waals surface area contributed by atoms with Gasteiger partial charge in [0, 0.05) is 11.9 Å². The number of benzene rings is 1. The van der Waals surface area contributed by atoms with E-state index < -0.39 is 12.0 Å².